The Kier molecular flexibility index (Phi) is 3.55. The van der Waals surface area contributed by atoms with Gasteiger partial charge in [-0.2, -0.15) is 0 Å². The van der Waals surface area contributed by atoms with Crippen LogP contribution in [-0.4, -0.2) is 17.0 Å². The lowest BCUT2D eigenvalue weighted by molar-refractivity contribution is 1.05. The lowest BCUT2D eigenvalue weighted by Gasteiger charge is -2.07. The van der Waals surface area contributed by atoms with Crippen molar-refractivity contribution in [2.75, 3.05) is 17.7 Å². The smallest absolute Gasteiger partial charge is 0.227 e. The Morgan fingerprint density at radius 2 is 1.82 bits per heavy atom. The van der Waals surface area contributed by atoms with Crippen molar-refractivity contribution in [1.82, 2.24) is 9.97 Å². The van der Waals surface area contributed by atoms with Crippen LogP contribution < -0.4 is 10.6 Å². The van der Waals surface area contributed by atoms with E-state index in [-0.39, 0.29) is 0 Å². The fourth-order valence-electron chi connectivity index (χ4n) is 1.48. The van der Waals surface area contributed by atoms with Crippen LogP contribution in [0.1, 0.15) is 12.5 Å². The maximum absolute atomic E-state index is 4.26. The summed E-state index contributed by atoms with van der Waals surface area (Å²) in [7, 11) is 1.89. The summed E-state index contributed by atoms with van der Waals surface area (Å²) in [4.78, 5) is 8.52. The third-order valence-electron chi connectivity index (χ3n) is 2.52. The maximum Gasteiger partial charge on any atom is 0.227 e. The average Bonchev–Trinajstić information content (AvgIpc) is 2.40. The summed E-state index contributed by atoms with van der Waals surface area (Å²) in [5, 5.41) is 6.26. The van der Waals surface area contributed by atoms with Gasteiger partial charge in [0.15, 0.2) is 0 Å². The first-order chi connectivity index (χ1) is 8.31. The Balaban J connectivity index is 2.13. The van der Waals surface area contributed by atoms with Crippen molar-refractivity contribution in [2.45, 2.75) is 13.3 Å². The van der Waals surface area contributed by atoms with E-state index in [4.69, 9.17) is 0 Å². The van der Waals surface area contributed by atoms with E-state index in [0.717, 1.165) is 23.4 Å². The highest BCUT2D eigenvalue weighted by Crippen LogP contribution is 2.17. The molecule has 0 radical (unpaired) electrons. The van der Waals surface area contributed by atoms with Crippen molar-refractivity contribution >= 4 is 17.3 Å². The van der Waals surface area contributed by atoms with Gasteiger partial charge in [0.05, 0.1) is 0 Å². The molecule has 2 aromatic rings. The average molecular weight is 228 g/mol. The van der Waals surface area contributed by atoms with Crippen LogP contribution in [0.25, 0.3) is 0 Å². The second-order valence-corrected chi connectivity index (χ2v) is 3.72. The van der Waals surface area contributed by atoms with Crippen LogP contribution in [-0.2, 0) is 6.42 Å². The van der Waals surface area contributed by atoms with Gasteiger partial charge in [0, 0.05) is 30.8 Å². The number of nitrogens with zero attached hydrogens (tertiary/aromatic N) is 2. The lowest BCUT2D eigenvalue weighted by Crippen LogP contribution is -1.98. The van der Waals surface area contributed by atoms with E-state index in [1.807, 2.05) is 43.7 Å². The summed E-state index contributed by atoms with van der Waals surface area (Å²) >= 11 is 0. The van der Waals surface area contributed by atoms with E-state index in [9.17, 15) is 0 Å². The quantitative estimate of drug-likeness (QED) is 0.844. The summed E-state index contributed by atoms with van der Waals surface area (Å²) in [5.41, 5.74) is 3.17. The standard InChI is InChI=1S/C13H16N4/c1-3-10-8-15-13(16-9-10)17-12-6-4-5-11(7-12)14-2/h4-9,14H,3H2,1-2H3,(H,15,16,17). The minimum absolute atomic E-state index is 0.621. The second-order valence-electron chi connectivity index (χ2n) is 3.72. The maximum atomic E-state index is 4.26. The fourth-order valence-corrected chi connectivity index (χ4v) is 1.48. The molecule has 0 atom stereocenters. The van der Waals surface area contributed by atoms with Gasteiger partial charge in [-0.1, -0.05) is 13.0 Å². The molecule has 4 heteroatoms. The van der Waals surface area contributed by atoms with Gasteiger partial charge in [-0.05, 0) is 30.2 Å². The van der Waals surface area contributed by atoms with Crippen molar-refractivity contribution in [2.24, 2.45) is 0 Å². The van der Waals surface area contributed by atoms with Crippen molar-refractivity contribution in [1.29, 1.82) is 0 Å². The number of benzene rings is 1. The summed E-state index contributed by atoms with van der Waals surface area (Å²) in [6, 6.07) is 7.98. The SMILES string of the molecule is CCc1cnc(Nc2cccc(NC)c2)nc1. The number of nitrogens with one attached hydrogen (secondary N) is 2. The number of aryl methyl sites for hydroxylation is 1. The molecular formula is C13H16N4. The molecule has 4 nitrogen and oxygen atoms in total. The number of hydrogen-bond donors (Lipinski definition) is 2. The molecule has 0 saturated carbocycles. The number of aromatic nitrogens is 2. The molecule has 0 bridgehead atoms. The minimum Gasteiger partial charge on any atom is -0.388 e. The monoisotopic (exact) mass is 228 g/mol. The van der Waals surface area contributed by atoms with Gasteiger partial charge in [0.1, 0.15) is 0 Å². The van der Waals surface area contributed by atoms with Crippen LogP contribution >= 0.6 is 0 Å². The predicted octanol–water partition coefficient (Wildman–Crippen LogP) is 2.82. The molecule has 88 valence electrons. The first-order valence-corrected chi connectivity index (χ1v) is 5.67. The predicted molar refractivity (Wildman–Crippen MR) is 70.7 cm³/mol. The molecule has 0 aliphatic rings. The van der Waals surface area contributed by atoms with Gasteiger partial charge in [-0.15, -0.1) is 0 Å². The lowest BCUT2D eigenvalue weighted by atomic mass is 10.3. The summed E-state index contributed by atoms with van der Waals surface area (Å²) < 4.78 is 0. The Morgan fingerprint density at radius 3 is 2.47 bits per heavy atom. The van der Waals surface area contributed by atoms with Crippen LogP contribution in [0.2, 0.25) is 0 Å². The first-order valence-electron chi connectivity index (χ1n) is 5.67. The molecule has 0 amide bonds. The molecular weight excluding hydrogens is 212 g/mol. The molecule has 2 rings (SSSR count). The zero-order valence-electron chi connectivity index (χ0n) is 10.1. The van der Waals surface area contributed by atoms with Crippen molar-refractivity contribution in [3.63, 3.8) is 0 Å². The largest absolute Gasteiger partial charge is 0.388 e. The normalized spacial score (nSPS) is 10.0. The summed E-state index contributed by atoms with van der Waals surface area (Å²) in [6.45, 7) is 2.09. The van der Waals surface area contributed by atoms with Crippen LogP contribution in [0.3, 0.4) is 0 Å². The van der Waals surface area contributed by atoms with Gasteiger partial charge in [-0.25, -0.2) is 9.97 Å². The molecule has 0 fully saturated rings. The van der Waals surface area contributed by atoms with Crippen LogP contribution in [0, 0.1) is 0 Å². The highest BCUT2D eigenvalue weighted by molar-refractivity contribution is 5.60. The minimum atomic E-state index is 0.621. The molecule has 0 unspecified atom stereocenters. The first kappa shape index (κ1) is 11.4. The fraction of sp³-hybridized carbons (Fsp3) is 0.231. The van der Waals surface area contributed by atoms with Crippen molar-refractivity contribution in [3.8, 4) is 0 Å². The molecule has 0 spiro atoms. The van der Waals surface area contributed by atoms with E-state index in [2.05, 4.69) is 27.5 Å². The zero-order valence-corrected chi connectivity index (χ0v) is 10.1. The Labute approximate surface area is 101 Å². The number of hydrogen-bond acceptors (Lipinski definition) is 4. The molecule has 0 aliphatic heterocycles. The van der Waals surface area contributed by atoms with Crippen LogP contribution in [0.4, 0.5) is 17.3 Å². The highest BCUT2D eigenvalue weighted by atomic mass is 15.1. The zero-order chi connectivity index (χ0) is 12.1. The Bertz CT molecular complexity index is 479. The van der Waals surface area contributed by atoms with E-state index >= 15 is 0 Å². The molecule has 0 saturated heterocycles. The van der Waals surface area contributed by atoms with E-state index in [1.165, 1.54) is 0 Å². The van der Waals surface area contributed by atoms with E-state index < -0.39 is 0 Å². The van der Waals surface area contributed by atoms with Gasteiger partial charge in [-0.3, -0.25) is 0 Å². The molecule has 2 N–H and O–H groups in total. The van der Waals surface area contributed by atoms with Gasteiger partial charge in [0.2, 0.25) is 5.95 Å². The molecule has 17 heavy (non-hydrogen) atoms. The molecule has 1 aromatic carbocycles. The van der Waals surface area contributed by atoms with Gasteiger partial charge < -0.3 is 10.6 Å². The number of rotatable bonds is 4. The third-order valence-corrected chi connectivity index (χ3v) is 2.52. The van der Waals surface area contributed by atoms with Crippen molar-refractivity contribution < 1.29 is 0 Å². The highest BCUT2D eigenvalue weighted by Gasteiger charge is 1.98. The summed E-state index contributed by atoms with van der Waals surface area (Å²) in [5.74, 6) is 0.621. The molecule has 1 heterocycles. The summed E-state index contributed by atoms with van der Waals surface area (Å²) in [6.07, 6.45) is 4.64. The second kappa shape index (κ2) is 5.30. The van der Waals surface area contributed by atoms with Gasteiger partial charge >= 0.3 is 0 Å². The van der Waals surface area contributed by atoms with E-state index in [0.29, 0.717) is 5.95 Å². The van der Waals surface area contributed by atoms with Gasteiger partial charge in [0.25, 0.3) is 0 Å². The van der Waals surface area contributed by atoms with E-state index in [1.54, 1.807) is 0 Å². The van der Waals surface area contributed by atoms with Crippen LogP contribution in [0.15, 0.2) is 36.7 Å². The topological polar surface area (TPSA) is 49.8 Å². The molecule has 0 aliphatic carbocycles. The molecule has 1 aromatic heterocycles. The third kappa shape index (κ3) is 2.93. The Hall–Kier alpha value is -2.10. The van der Waals surface area contributed by atoms with Crippen molar-refractivity contribution in [3.05, 3.63) is 42.2 Å². The Morgan fingerprint density at radius 1 is 1.12 bits per heavy atom. The van der Waals surface area contributed by atoms with Crippen LogP contribution in [0.5, 0.6) is 0 Å². The number of anilines is 3.